The Morgan fingerprint density at radius 1 is 1.38 bits per heavy atom. The zero-order valence-electron chi connectivity index (χ0n) is 16.3. The molecule has 0 amide bonds. The molecule has 2 aromatic rings. The maximum Gasteiger partial charge on any atom is 0.298 e. The van der Waals surface area contributed by atoms with Crippen LogP contribution in [-0.2, 0) is 24.6 Å². The second-order valence-electron chi connectivity index (χ2n) is 6.46. The Morgan fingerprint density at radius 3 is 2.75 bits per heavy atom. The van der Waals surface area contributed by atoms with Crippen LogP contribution in [0.2, 0.25) is 0 Å². The molecule has 0 saturated carbocycles. The van der Waals surface area contributed by atoms with E-state index in [9.17, 15) is 21.2 Å². The highest BCUT2D eigenvalue weighted by Gasteiger charge is 2.23. The minimum Gasteiger partial charge on any atom is -0.361 e. The van der Waals surface area contributed by atoms with Crippen molar-refractivity contribution in [2.45, 2.75) is 6.42 Å². The van der Waals surface area contributed by atoms with E-state index < -0.39 is 26.1 Å². The van der Waals surface area contributed by atoms with Crippen LogP contribution in [0.1, 0.15) is 12.1 Å². The number of benzene rings is 1. The van der Waals surface area contributed by atoms with Gasteiger partial charge in [-0.25, -0.2) is 24.6 Å². The van der Waals surface area contributed by atoms with Gasteiger partial charge in [-0.3, -0.25) is 4.31 Å². The Bertz CT molecular complexity index is 1280. The molecule has 0 fully saturated rings. The van der Waals surface area contributed by atoms with Crippen molar-refractivity contribution in [3.8, 4) is 0 Å². The maximum absolute atomic E-state index is 13.5. The number of hydrogen-bond acceptors (Lipinski definition) is 10. The van der Waals surface area contributed by atoms with E-state index in [4.69, 9.17) is 9.77 Å². The molecule has 0 aliphatic carbocycles. The standard InChI is InChI=1S/C15H17BrFN7O6S2/c1-31(25,26)30-23-15(20-10-2-3-12(17)11(16)6-10)13-14(22-29-21-13)19-7-9-4-5-24(8-9)32(18,27)28/h2-3,6,8H,4-5,7H2,1H3,(H,19,22)(H,20,23)(H2,18,27,28). The quantitative estimate of drug-likeness (QED) is 0.239. The molecule has 2 heterocycles. The summed E-state index contributed by atoms with van der Waals surface area (Å²) in [6, 6.07) is 3.85. The fourth-order valence-electron chi connectivity index (χ4n) is 2.50. The van der Waals surface area contributed by atoms with Gasteiger partial charge < -0.3 is 5.32 Å². The number of rotatable bonds is 8. The second-order valence-corrected chi connectivity index (χ2v) is 10.4. The summed E-state index contributed by atoms with van der Waals surface area (Å²) in [5, 5.41) is 15.4. The second kappa shape index (κ2) is 9.49. The van der Waals surface area contributed by atoms with Crippen molar-refractivity contribution < 1.29 is 30.1 Å². The fourth-order valence-corrected chi connectivity index (χ4v) is 3.74. The highest BCUT2D eigenvalue weighted by molar-refractivity contribution is 9.10. The maximum atomic E-state index is 13.5. The van der Waals surface area contributed by atoms with Crippen molar-refractivity contribution in [3.63, 3.8) is 0 Å². The minimum absolute atomic E-state index is 0.0454. The van der Waals surface area contributed by atoms with E-state index in [1.165, 1.54) is 18.3 Å². The molecule has 0 saturated heterocycles. The SMILES string of the molecule is CS(=O)(=O)ONC(=Nc1ccc(F)c(Br)c1)c1nonc1NCC1=CN(S(N)(=O)=O)CC1. The third-order valence-electron chi connectivity index (χ3n) is 3.94. The van der Waals surface area contributed by atoms with Crippen molar-refractivity contribution in [2.24, 2.45) is 10.1 Å². The van der Waals surface area contributed by atoms with Crippen molar-refractivity contribution in [1.82, 2.24) is 20.1 Å². The number of hydroxylamine groups is 1. The number of anilines is 1. The smallest absolute Gasteiger partial charge is 0.298 e. The van der Waals surface area contributed by atoms with Gasteiger partial charge >= 0.3 is 0 Å². The first-order chi connectivity index (χ1) is 14.9. The van der Waals surface area contributed by atoms with Gasteiger partial charge in [0.1, 0.15) is 5.82 Å². The Balaban J connectivity index is 1.85. The summed E-state index contributed by atoms with van der Waals surface area (Å²) in [5.74, 6) is -0.664. The van der Waals surface area contributed by atoms with E-state index in [-0.39, 0.29) is 40.6 Å². The third-order valence-corrected chi connectivity index (χ3v) is 5.87. The molecule has 0 unspecified atom stereocenters. The summed E-state index contributed by atoms with van der Waals surface area (Å²) >= 11 is 3.04. The molecule has 13 nitrogen and oxygen atoms in total. The minimum atomic E-state index is -3.92. The number of nitrogens with two attached hydrogens (primary N) is 1. The Morgan fingerprint density at radius 2 is 2.12 bits per heavy atom. The van der Waals surface area contributed by atoms with Crippen molar-refractivity contribution in [3.05, 3.63) is 46.0 Å². The average Bonchev–Trinajstić information content (AvgIpc) is 3.34. The molecule has 1 aliphatic rings. The number of nitrogens with one attached hydrogen (secondary N) is 2. The average molecular weight is 554 g/mol. The molecule has 1 aliphatic heterocycles. The van der Waals surface area contributed by atoms with Crippen molar-refractivity contribution >= 4 is 53.6 Å². The van der Waals surface area contributed by atoms with Gasteiger partial charge in [0.25, 0.3) is 20.3 Å². The summed E-state index contributed by atoms with van der Waals surface area (Å²) in [6.07, 6.45) is 2.64. The molecule has 0 spiro atoms. The van der Waals surface area contributed by atoms with Gasteiger partial charge in [0.2, 0.25) is 5.82 Å². The van der Waals surface area contributed by atoms with Gasteiger partial charge in [-0.1, -0.05) is 0 Å². The van der Waals surface area contributed by atoms with Gasteiger partial charge in [-0.05, 0) is 56.4 Å². The van der Waals surface area contributed by atoms with Crippen LogP contribution in [0, 0.1) is 5.82 Å². The lowest BCUT2D eigenvalue weighted by molar-refractivity contribution is 0.269. The number of amidine groups is 1. The molecule has 17 heteroatoms. The summed E-state index contributed by atoms with van der Waals surface area (Å²) in [5.41, 5.74) is 3.06. The van der Waals surface area contributed by atoms with E-state index in [1.54, 1.807) is 0 Å². The Hall–Kier alpha value is -2.60. The third kappa shape index (κ3) is 6.45. The van der Waals surface area contributed by atoms with E-state index in [2.05, 4.69) is 46.3 Å². The number of halogens is 2. The lowest BCUT2D eigenvalue weighted by Crippen LogP contribution is -2.30. The predicted octanol–water partition coefficient (Wildman–Crippen LogP) is 0.735. The molecule has 0 bridgehead atoms. The Labute approximate surface area is 190 Å². The number of nitrogens with zero attached hydrogens (tertiary/aromatic N) is 4. The van der Waals surface area contributed by atoms with Crippen molar-refractivity contribution in [2.75, 3.05) is 24.7 Å². The van der Waals surface area contributed by atoms with Crippen LogP contribution in [0.5, 0.6) is 0 Å². The predicted molar refractivity (Wildman–Crippen MR) is 115 cm³/mol. The van der Waals surface area contributed by atoms with Crippen LogP contribution < -0.4 is 15.9 Å². The van der Waals surface area contributed by atoms with Gasteiger partial charge in [-0.2, -0.15) is 16.8 Å². The van der Waals surface area contributed by atoms with Crippen molar-refractivity contribution in [1.29, 1.82) is 0 Å². The van der Waals surface area contributed by atoms with Crippen LogP contribution in [0.4, 0.5) is 15.9 Å². The van der Waals surface area contributed by atoms with Crippen LogP contribution in [0.25, 0.3) is 0 Å². The monoisotopic (exact) mass is 553 g/mol. The van der Waals surface area contributed by atoms with Crippen LogP contribution >= 0.6 is 15.9 Å². The summed E-state index contributed by atoms with van der Waals surface area (Å²) in [7, 11) is -7.76. The van der Waals surface area contributed by atoms with E-state index in [0.29, 0.717) is 12.0 Å². The molecule has 32 heavy (non-hydrogen) atoms. The highest BCUT2D eigenvalue weighted by atomic mass is 79.9. The molecule has 0 radical (unpaired) electrons. The fraction of sp³-hybridized carbons (Fsp3) is 0.267. The highest BCUT2D eigenvalue weighted by Crippen LogP contribution is 2.24. The first-order valence-electron chi connectivity index (χ1n) is 8.66. The molecular formula is C15H17BrFN7O6S2. The van der Waals surface area contributed by atoms with Gasteiger partial charge in [0, 0.05) is 19.3 Å². The lowest BCUT2D eigenvalue weighted by atomic mass is 10.2. The van der Waals surface area contributed by atoms with Crippen LogP contribution in [0.15, 0.2) is 44.1 Å². The number of hydrogen-bond donors (Lipinski definition) is 3. The zero-order chi connectivity index (χ0) is 23.5. The molecule has 1 aromatic heterocycles. The summed E-state index contributed by atoms with van der Waals surface area (Å²) in [6.45, 7) is 0.366. The van der Waals surface area contributed by atoms with Gasteiger partial charge in [0.15, 0.2) is 11.5 Å². The molecule has 0 atom stereocenters. The van der Waals surface area contributed by atoms with Gasteiger partial charge in [0.05, 0.1) is 16.4 Å². The molecule has 174 valence electrons. The van der Waals surface area contributed by atoms with Crippen LogP contribution in [0.3, 0.4) is 0 Å². The van der Waals surface area contributed by atoms with Gasteiger partial charge in [-0.15, -0.1) is 4.28 Å². The first kappa shape index (κ1) is 24.1. The zero-order valence-corrected chi connectivity index (χ0v) is 19.5. The number of aliphatic imine (C=N–C) groups is 1. The first-order valence-corrected chi connectivity index (χ1v) is 12.8. The Kier molecular flexibility index (Phi) is 7.13. The van der Waals surface area contributed by atoms with E-state index in [0.717, 1.165) is 16.6 Å². The summed E-state index contributed by atoms with van der Waals surface area (Å²) < 4.78 is 69.6. The topological polar surface area (TPSA) is 182 Å². The molecule has 1 aromatic carbocycles. The van der Waals surface area contributed by atoms with Crippen LogP contribution in [-0.4, -0.2) is 56.6 Å². The lowest BCUT2D eigenvalue weighted by Gasteiger charge is -2.10. The number of aromatic nitrogens is 2. The van der Waals surface area contributed by atoms with E-state index >= 15 is 0 Å². The van der Waals surface area contributed by atoms with E-state index in [1.807, 2.05) is 0 Å². The largest absolute Gasteiger partial charge is 0.361 e. The molecular weight excluding hydrogens is 537 g/mol. The molecule has 3 rings (SSSR count). The molecule has 4 N–H and O–H groups in total. The summed E-state index contributed by atoms with van der Waals surface area (Å²) in [4.78, 5) is 4.19. The normalized spacial score (nSPS) is 15.1.